The predicted octanol–water partition coefficient (Wildman–Crippen LogP) is 4.17. The number of aromatic nitrogens is 1. The van der Waals surface area contributed by atoms with Crippen LogP contribution in [-0.2, 0) is 6.54 Å². The van der Waals surface area contributed by atoms with Gasteiger partial charge in [0, 0.05) is 29.6 Å². The zero-order chi connectivity index (χ0) is 17.1. The van der Waals surface area contributed by atoms with Gasteiger partial charge < -0.3 is 9.64 Å². The van der Waals surface area contributed by atoms with E-state index in [1.807, 2.05) is 30.3 Å². The molecule has 3 rings (SSSR count). The Balaban J connectivity index is 1.85. The first-order valence-corrected chi connectivity index (χ1v) is 7.90. The number of benzene rings is 2. The van der Waals surface area contributed by atoms with E-state index in [0.29, 0.717) is 23.0 Å². The summed E-state index contributed by atoms with van der Waals surface area (Å²) in [7, 11) is 3.33. The number of ether oxygens (including phenoxy) is 1. The molecule has 0 atom stereocenters. The lowest BCUT2D eigenvalue weighted by atomic mass is 10.1. The average molecular weight is 341 g/mol. The molecule has 0 aliphatic heterocycles. The van der Waals surface area contributed by atoms with Crippen molar-refractivity contribution < 1.29 is 9.53 Å². The maximum Gasteiger partial charge on any atom is 0.272 e. The Hall–Kier alpha value is -2.59. The van der Waals surface area contributed by atoms with Crippen molar-refractivity contribution in [2.75, 3.05) is 14.2 Å². The van der Waals surface area contributed by atoms with Crippen molar-refractivity contribution in [3.8, 4) is 5.75 Å². The fourth-order valence-corrected chi connectivity index (χ4v) is 2.77. The minimum absolute atomic E-state index is 0.150. The van der Waals surface area contributed by atoms with Gasteiger partial charge in [-0.15, -0.1) is 0 Å². The summed E-state index contributed by atoms with van der Waals surface area (Å²) in [6, 6.07) is 16.7. The van der Waals surface area contributed by atoms with Crippen molar-refractivity contribution in [1.29, 1.82) is 0 Å². The van der Waals surface area contributed by atoms with Gasteiger partial charge in [0.2, 0.25) is 0 Å². The Morgan fingerprint density at radius 3 is 2.75 bits per heavy atom. The number of carbonyl (C=O) groups excluding carboxylic acids is 1. The predicted molar refractivity (Wildman–Crippen MR) is 95.5 cm³/mol. The van der Waals surface area contributed by atoms with E-state index in [-0.39, 0.29) is 5.91 Å². The lowest BCUT2D eigenvalue weighted by Crippen LogP contribution is -2.27. The number of methoxy groups -OCH3 is 1. The number of halogens is 1. The van der Waals surface area contributed by atoms with E-state index in [1.54, 1.807) is 43.3 Å². The second kappa shape index (κ2) is 6.89. The van der Waals surface area contributed by atoms with E-state index in [1.165, 1.54) is 0 Å². The molecule has 0 fully saturated rings. The van der Waals surface area contributed by atoms with Crippen LogP contribution in [0, 0.1) is 0 Å². The first kappa shape index (κ1) is 16.3. The van der Waals surface area contributed by atoms with Crippen LogP contribution in [0.2, 0.25) is 5.02 Å². The first-order valence-electron chi connectivity index (χ1n) is 7.52. The van der Waals surface area contributed by atoms with Crippen LogP contribution in [0.25, 0.3) is 10.9 Å². The molecule has 0 aliphatic rings. The standard InChI is InChI=1S/C19H17ClN2O2/c1-22(12-14-11-15(20)8-10-18(14)24-2)19(23)17-9-7-13-5-3-4-6-16(13)21-17/h3-11H,12H2,1-2H3. The van der Waals surface area contributed by atoms with Crippen LogP contribution in [0.15, 0.2) is 54.6 Å². The quantitative estimate of drug-likeness (QED) is 0.716. The van der Waals surface area contributed by atoms with E-state index >= 15 is 0 Å². The van der Waals surface area contributed by atoms with Crippen LogP contribution in [0.3, 0.4) is 0 Å². The van der Waals surface area contributed by atoms with Crippen molar-refractivity contribution in [1.82, 2.24) is 9.88 Å². The molecule has 24 heavy (non-hydrogen) atoms. The third kappa shape index (κ3) is 3.34. The normalized spacial score (nSPS) is 10.6. The monoisotopic (exact) mass is 340 g/mol. The summed E-state index contributed by atoms with van der Waals surface area (Å²) >= 11 is 6.05. The third-order valence-electron chi connectivity index (χ3n) is 3.81. The molecule has 2 aromatic carbocycles. The van der Waals surface area contributed by atoms with Gasteiger partial charge in [0.15, 0.2) is 0 Å². The first-order chi connectivity index (χ1) is 11.6. The molecule has 0 unspecified atom stereocenters. The number of amides is 1. The second-order valence-electron chi connectivity index (χ2n) is 5.51. The second-order valence-corrected chi connectivity index (χ2v) is 5.94. The lowest BCUT2D eigenvalue weighted by Gasteiger charge is -2.19. The summed E-state index contributed by atoms with van der Waals surface area (Å²) in [5.74, 6) is 0.549. The third-order valence-corrected chi connectivity index (χ3v) is 4.05. The van der Waals surface area contributed by atoms with E-state index in [2.05, 4.69) is 4.98 Å². The molecule has 0 N–H and O–H groups in total. The molecule has 122 valence electrons. The molecule has 0 aliphatic carbocycles. The summed E-state index contributed by atoms with van der Waals surface area (Å²) in [6.07, 6.45) is 0. The summed E-state index contributed by atoms with van der Waals surface area (Å²) in [4.78, 5) is 18.7. The Kier molecular flexibility index (Phi) is 4.67. The zero-order valence-corrected chi connectivity index (χ0v) is 14.2. The maximum absolute atomic E-state index is 12.7. The maximum atomic E-state index is 12.7. The SMILES string of the molecule is COc1ccc(Cl)cc1CN(C)C(=O)c1ccc2ccccc2n1. The molecular weight excluding hydrogens is 324 g/mol. The highest BCUT2D eigenvalue weighted by atomic mass is 35.5. The fraction of sp³-hybridized carbons (Fsp3) is 0.158. The number of fused-ring (bicyclic) bond motifs is 1. The van der Waals surface area contributed by atoms with E-state index in [4.69, 9.17) is 16.3 Å². The highest BCUT2D eigenvalue weighted by Gasteiger charge is 2.16. The fourth-order valence-electron chi connectivity index (χ4n) is 2.58. The van der Waals surface area contributed by atoms with Crippen LogP contribution >= 0.6 is 11.6 Å². The molecule has 4 nitrogen and oxygen atoms in total. The zero-order valence-electron chi connectivity index (χ0n) is 13.5. The Morgan fingerprint density at radius 1 is 1.17 bits per heavy atom. The van der Waals surface area contributed by atoms with Gasteiger partial charge in [-0.25, -0.2) is 4.98 Å². The Labute approximate surface area is 145 Å². The summed E-state index contributed by atoms with van der Waals surface area (Å²) in [5.41, 5.74) is 2.07. The molecule has 0 bridgehead atoms. The molecule has 1 heterocycles. The van der Waals surface area contributed by atoms with Gasteiger partial charge in [-0.05, 0) is 30.3 Å². The smallest absolute Gasteiger partial charge is 0.272 e. The molecule has 5 heteroatoms. The largest absolute Gasteiger partial charge is 0.496 e. The van der Waals surface area contributed by atoms with Gasteiger partial charge in [-0.1, -0.05) is 35.9 Å². The minimum atomic E-state index is -0.150. The minimum Gasteiger partial charge on any atom is -0.496 e. The van der Waals surface area contributed by atoms with Crippen LogP contribution in [-0.4, -0.2) is 29.9 Å². The molecule has 3 aromatic rings. The van der Waals surface area contributed by atoms with Crippen LogP contribution in [0.4, 0.5) is 0 Å². The van der Waals surface area contributed by atoms with Crippen LogP contribution in [0.5, 0.6) is 5.75 Å². The average Bonchev–Trinajstić information content (AvgIpc) is 2.61. The number of para-hydroxylation sites is 1. The van der Waals surface area contributed by atoms with Gasteiger partial charge >= 0.3 is 0 Å². The van der Waals surface area contributed by atoms with Gasteiger partial charge in [0.25, 0.3) is 5.91 Å². The van der Waals surface area contributed by atoms with Gasteiger partial charge in [-0.3, -0.25) is 4.79 Å². The summed E-state index contributed by atoms with van der Waals surface area (Å²) < 4.78 is 5.33. The van der Waals surface area contributed by atoms with Gasteiger partial charge in [0.1, 0.15) is 11.4 Å². The van der Waals surface area contributed by atoms with Gasteiger partial charge in [-0.2, -0.15) is 0 Å². The number of rotatable bonds is 4. The van der Waals surface area contributed by atoms with Crippen molar-refractivity contribution in [2.24, 2.45) is 0 Å². The number of hydrogen-bond acceptors (Lipinski definition) is 3. The van der Waals surface area contributed by atoms with Crippen LogP contribution < -0.4 is 4.74 Å². The summed E-state index contributed by atoms with van der Waals surface area (Å²) in [6.45, 7) is 0.386. The van der Waals surface area contributed by atoms with E-state index in [9.17, 15) is 4.79 Å². The Bertz CT molecular complexity index is 895. The summed E-state index contributed by atoms with van der Waals surface area (Å²) in [5, 5.41) is 1.61. The topological polar surface area (TPSA) is 42.4 Å². The van der Waals surface area contributed by atoms with Crippen LogP contribution in [0.1, 0.15) is 16.1 Å². The number of hydrogen-bond donors (Lipinski definition) is 0. The van der Waals surface area contributed by atoms with Crippen molar-refractivity contribution in [3.05, 3.63) is 70.9 Å². The van der Waals surface area contributed by atoms with Crippen molar-refractivity contribution in [2.45, 2.75) is 6.54 Å². The molecule has 0 spiro atoms. The van der Waals surface area contributed by atoms with E-state index < -0.39 is 0 Å². The number of pyridine rings is 1. The Morgan fingerprint density at radius 2 is 1.96 bits per heavy atom. The molecule has 1 aromatic heterocycles. The molecule has 0 saturated heterocycles. The van der Waals surface area contributed by atoms with Crippen molar-refractivity contribution >= 4 is 28.4 Å². The van der Waals surface area contributed by atoms with Gasteiger partial charge in [0.05, 0.1) is 12.6 Å². The molecule has 1 amide bonds. The highest BCUT2D eigenvalue weighted by molar-refractivity contribution is 6.30. The van der Waals surface area contributed by atoms with E-state index in [0.717, 1.165) is 16.5 Å². The highest BCUT2D eigenvalue weighted by Crippen LogP contribution is 2.24. The molecule has 0 saturated carbocycles. The number of carbonyl (C=O) groups is 1. The lowest BCUT2D eigenvalue weighted by molar-refractivity contribution is 0.0779. The van der Waals surface area contributed by atoms with Crippen molar-refractivity contribution in [3.63, 3.8) is 0 Å². The molecular formula is C19H17ClN2O2. The molecule has 0 radical (unpaired) electrons. The number of nitrogens with zero attached hydrogens (tertiary/aromatic N) is 2.